The van der Waals surface area contributed by atoms with E-state index in [-0.39, 0.29) is 12.1 Å². The van der Waals surface area contributed by atoms with Gasteiger partial charge in [0.2, 0.25) is 0 Å². The fourth-order valence-corrected chi connectivity index (χ4v) is 1.50. The monoisotopic (exact) mass is 203 g/mol. The van der Waals surface area contributed by atoms with Gasteiger partial charge in [-0.25, -0.2) is 4.79 Å². The first-order valence-corrected chi connectivity index (χ1v) is 4.93. The maximum Gasteiger partial charge on any atom is 0.407 e. The van der Waals surface area contributed by atoms with E-state index in [1.54, 1.807) is 0 Å². The van der Waals surface area contributed by atoms with Crippen molar-refractivity contribution in [2.24, 2.45) is 0 Å². The molecule has 1 aromatic carbocycles. The molecule has 1 saturated heterocycles. The van der Waals surface area contributed by atoms with Gasteiger partial charge in [0.1, 0.15) is 6.61 Å². The second kappa shape index (κ2) is 4.17. The van der Waals surface area contributed by atoms with E-state index in [2.05, 4.69) is 18.3 Å². The Balaban J connectivity index is 2.05. The van der Waals surface area contributed by atoms with Gasteiger partial charge >= 0.3 is 6.09 Å². The molecule has 1 unspecified atom stereocenters. The number of hydrogen-bond acceptors (Lipinski definition) is 2. The summed E-state index contributed by atoms with van der Waals surface area (Å²) in [5.74, 6) is 0. The third-order valence-electron chi connectivity index (χ3n) is 2.39. The minimum atomic E-state index is -0.338. The van der Waals surface area contributed by atoms with E-state index in [0.29, 0.717) is 6.61 Å². The molecule has 0 aromatic heterocycles. The summed E-state index contributed by atoms with van der Waals surface area (Å²) in [6.45, 7) is 2.48. The average molecular weight is 203 g/mol. The minimum Gasteiger partial charge on any atom is -0.447 e. The third kappa shape index (κ3) is 2.37. The second-order valence-corrected chi connectivity index (χ2v) is 3.56. The van der Waals surface area contributed by atoms with Crippen molar-refractivity contribution in [3.8, 4) is 0 Å². The Morgan fingerprint density at radius 1 is 1.47 bits per heavy atom. The molecule has 15 heavy (non-hydrogen) atoms. The van der Waals surface area contributed by atoms with Gasteiger partial charge in [-0.1, -0.05) is 36.4 Å². The molecule has 1 aromatic rings. The Bertz CT molecular complexity index is 398. The number of nitrogens with one attached hydrogen (secondary N) is 1. The Labute approximate surface area is 88.8 Å². The molecule has 3 heteroatoms. The first-order valence-electron chi connectivity index (χ1n) is 4.93. The predicted molar refractivity (Wildman–Crippen MR) is 58.5 cm³/mol. The molecule has 1 aliphatic heterocycles. The Hall–Kier alpha value is -1.77. The molecular formula is C12H13NO2. The highest BCUT2D eigenvalue weighted by molar-refractivity contribution is 5.70. The summed E-state index contributed by atoms with van der Waals surface area (Å²) in [5, 5.41) is 2.70. The van der Waals surface area contributed by atoms with Gasteiger partial charge in [-0.2, -0.15) is 0 Å². The SMILES string of the molecule is Cc1ccccc1/C=C/C1COC(=O)N1. The van der Waals surface area contributed by atoms with Crippen LogP contribution in [-0.4, -0.2) is 18.7 Å². The van der Waals surface area contributed by atoms with E-state index in [0.717, 1.165) is 0 Å². The standard InChI is InChI=1S/C12H13NO2/c1-9-4-2-3-5-10(9)6-7-11-8-15-12(14)13-11/h2-7,11H,8H2,1H3,(H,13,14)/b7-6+. The van der Waals surface area contributed by atoms with Gasteiger partial charge in [0.15, 0.2) is 0 Å². The summed E-state index contributed by atoms with van der Waals surface area (Å²) in [6.07, 6.45) is 3.62. The van der Waals surface area contributed by atoms with Crippen molar-refractivity contribution in [3.05, 3.63) is 41.5 Å². The van der Waals surface area contributed by atoms with Crippen molar-refractivity contribution in [1.29, 1.82) is 0 Å². The van der Waals surface area contributed by atoms with Crippen LogP contribution < -0.4 is 5.32 Å². The van der Waals surface area contributed by atoms with Crippen LogP contribution in [0.2, 0.25) is 0 Å². The average Bonchev–Trinajstić information content (AvgIpc) is 2.63. The van der Waals surface area contributed by atoms with Crippen LogP contribution in [0.1, 0.15) is 11.1 Å². The zero-order valence-corrected chi connectivity index (χ0v) is 8.57. The second-order valence-electron chi connectivity index (χ2n) is 3.56. The Morgan fingerprint density at radius 3 is 2.93 bits per heavy atom. The molecule has 1 amide bonds. The number of rotatable bonds is 2. The quantitative estimate of drug-likeness (QED) is 0.799. The molecule has 1 aliphatic rings. The van der Waals surface area contributed by atoms with Crippen LogP contribution in [0.3, 0.4) is 0 Å². The molecule has 1 N–H and O–H groups in total. The molecule has 1 fully saturated rings. The molecule has 0 spiro atoms. The molecule has 0 bridgehead atoms. The van der Waals surface area contributed by atoms with Gasteiger partial charge in [-0.3, -0.25) is 0 Å². The zero-order valence-electron chi connectivity index (χ0n) is 8.57. The van der Waals surface area contributed by atoms with Crippen LogP contribution in [0.25, 0.3) is 6.08 Å². The van der Waals surface area contributed by atoms with Gasteiger partial charge in [0, 0.05) is 0 Å². The summed E-state index contributed by atoms with van der Waals surface area (Å²) in [4.78, 5) is 10.8. The molecule has 3 nitrogen and oxygen atoms in total. The fraction of sp³-hybridized carbons (Fsp3) is 0.250. The van der Waals surface area contributed by atoms with Gasteiger partial charge in [0.25, 0.3) is 0 Å². The lowest BCUT2D eigenvalue weighted by molar-refractivity contribution is 0.177. The molecule has 0 saturated carbocycles. The van der Waals surface area contributed by atoms with Crippen LogP contribution in [0, 0.1) is 6.92 Å². The highest BCUT2D eigenvalue weighted by Crippen LogP contribution is 2.10. The predicted octanol–water partition coefficient (Wildman–Crippen LogP) is 2.12. The number of cyclic esters (lactones) is 1. The molecule has 2 rings (SSSR count). The summed E-state index contributed by atoms with van der Waals surface area (Å²) in [7, 11) is 0. The van der Waals surface area contributed by atoms with Crippen molar-refractivity contribution in [2.75, 3.05) is 6.61 Å². The van der Waals surface area contributed by atoms with E-state index in [1.165, 1.54) is 11.1 Å². The van der Waals surface area contributed by atoms with Gasteiger partial charge in [0.05, 0.1) is 6.04 Å². The van der Waals surface area contributed by atoms with Crippen LogP contribution >= 0.6 is 0 Å². The maximum absolute atomic E-state index is 10.8. The number of carbonyl (C=O) groups excluding carboxylic acids is 1. The van der Waals surface area contributed by atoms with E-state index in [4.69, 9.17) is 4.74 Å². The normalized spacial score (nSPS) is 20.3. The first kappa shape index (κ1) is 9.77. The first-order chi connectivity index (χ1) is 7.25. The van der Waals surface area contributed by atoms with Crippen LogP contribution in [0.5, 0.6) is 0 Å². The topological polar surface area (TPSA) is 38.3 Å². The molecule has 78 valence electrons. The van der Waals surface area contributed by atoms with Crippen molar-refractivity contribution < 1.29 is 9.53 Å². The third-order valence-corrected chi connectivity index (χ3v) is 2.39. The fourth-order valence-electron chi connectivity index (χ4n) is 1.50. The minimum absolute atomic E-state index is 0.00268. The van der Waals surface area contributed by atoms with Crippen LogP contribution in [0.4, 0.5) is 4.79 Å². The van der Waals surface area contributed by atoms with Crippen molar-refractivity contribution in [3.63, 3.8) is 0 Å². The number of amides is 1. The van der Waals surface area contributed by atoms with E-state index in [9.17, 15) is 4.79 Å². The van der Waals surface area contributed by atoms with Crippen LogP contribution in [-0.2, 0) is 4.74 Å². The molecular weight excluding hydrogens is 190 g/mol. The summed E-state index contributed by atoms with van der Waals surface area (Å²) < 4.78 is 4.78. The molecule has 0 aliphatic carbocycles. The summed E-state index contributed by atoms with van der Waals surface area (Å²) in [6, 6.07) is 8.10. The lowest BCUT2D eigenvalue weighted by atomic mass is 10.1. The maximum atomic E-state index is 10.8. The Kier molecular flexibility index (Phi) is 2.72. The lowest BCUT2D eigenvalue weighted by Crippen LogP contribution is -2.23. The highest BCUT2D eigenvalue weighted by Gasteiger charge is 2.18. The summed E-state index contributed by atoms with van der Waals surface area (Å²) >= 11 is 0. The lowest BCUT2D eigenvalue weighted by Gasteiger charge is -2.01. The van der Waals surface area contributed by atoms with Gasteiger partial charge in [-0.15, -0.1) is 0 Å². The van der Waals surface area contributed by atoms with Gasteiger partial charge in [-0.05, 0) is 18.1 Å². The number of ether oxygens (including phenoxy) is 1. The smallest absolute Gasteiger partial charge is 0.407 e. The number of hydrogen-bond donors (Lipinski definition) is 1. The molecule has 0 radical (unpaired) electrons. The van der Waals surface area contributed by atoms with E-state index < -0.39 is 0 Å². The number of benzene rings is 1. The largest absolute Gasteiger partial charge is 0.447 e. The molecule has 1 heterocycles. The Morgan fingerprint density at radius 2 is 2.27 bits per heavy atom. The van der Waals surface area contributed by atoms with Crippen molar-refractivity contribution >= 4 is 12.2 Å². The highest BCUT2D eigenvalue weighted by atomic mass is 16.6. The van der Waals surface area contributed by atoms with Gasteiger partial charge < -0.3 is 10.1 Å². The number of carbonyl (C=O) groups is 1. The van der Waals surface area contributed by atoms with E-state index in [1.807, 2.05) is 30.4 Å². The van der Waals surface area contributed by atoms with Crippen molar-refractivity contribution in [1.82, 2.24) is 5.32 Å². The number of alkyl carbamates (subject to hydrolysis) is 1. The van der Waals surface area contributed by atoms with E-state index >= 15 is 0 Å². The zero-order chi connectivity index (χ0) is 10.7. The molecule has 1 atom stereocenters. The number of aryl methyl sites for hydroxylation is 1. The van der Waals surface area contributed by atoms with Crippen molar-refractivity contribution in [2.45, 2.75) is 13.0 Å². The van der Waals surface area contributed by atoms with Crippen LogP contribution in [0.15, 0.2) is 30.3 Å². The summed E-state index contributed by atoms with van der Waals surface area (Å²) in [5.41, 5.74) is 2.39.